The van der Waals surface area contributed by atoms with Gasteiger partial charge in [-0.2, -0.15) is 0 Å². The van der Waals surface area contributed by atoms with Crippen molar-refractivity contribution in [1.82, 2.24) is 25.2 Å². The largest absolute Gasteiger partial charge is 0.355 e. The first-order chi connectivity index (χ1) is 11.6. The van der Waals surface area contributed by atoms with Gasteiger partial charge in [0.15, 0.2) is 0 Å². The molecule has 8 heteroatoms. The predicted octanol–water partition coefficient (Wildman–Crippen LogP) is 0.166. The lowest BCUT2D eigenvalue weighted by Crippen LogP contribution is -2.41. The molecule has 0 saturated heterocycles. The first-order valence-corrected chi connectivity index (χ1v) is 7.93. The van der Waals surface area contributed by atoms with Crippen molar-refractivity contribution in [2.45, 2.75) is 26.8 Å². The van der Waals surface area contributed by atoms with E-state index >= 15 is 0 Å². The minimum atomic E-state index is -0.278. The van der Waals surface area contributed by atoms with Gasteiger partial charge in [0.05, 0.1) is 18.5 Å². The van der Waals surface area contributed by atoms with Gasteiger partial charge in [-0.25, -0.2) is 4.68 Å². The van der Waals surface area contributed by atoms with Gasteiger partial charge >= 0.3 is 0 Å². The van der Waals surface area contributed by atoms with Crippen molar-refractivity contribution in [3.05, 3.63) is 34.6 Å². The Morgan fingerprint density at radius 3 is 2.71 bits per heavy atom. The highest BCUT2D eigenvalue weighted by molar-refractivity contribution is 5.84. The molecule has 2 rings (SSSR count). The SMILES string of the molecule is CCNC(=O)CN(CC)C(=O)CCn1nnc2ccccc2c1=O. The molecule has 0 aliphatic rings. The van der Waals surface area contributed by atoms with Crippen molar-refractivity contribution in [3.8, 4) is 0 Å². The number of nitrogens with one attached hydrogen (secondary N) is 1. The average molecular weight is 331 g/mol. The number of carbonyl (C=O) groups excluding carboxylic acids is 2. The molecule has 0 aliphatic heterocycles. The van der Waals surface area contributed by atoms with Crippen LogP contribution in [0, 0.1) is 0 Å². The van der Waals surface area contributed by atoms with Crippen molar-refractivity contribution in [3.63, 3.8) is 0 Å². The van der Waals surface area contributed by atoms with Gasteiger partial charge < -0.3 is 10.2 Å². The number of fused-ring (bicyclic) bond motifs is 1. The van der Waals surface area contributed by atoms with Crippen LogP contribution < -0.4 is 10.9 Å². The van der Waals surface area contributed by atoms with E-state index in [1.165, 1.54) is 9.58 Å². The Morgan fingerprint density at radius 2 is 2.00 bits per heavy atom. The molecule has 128 valence electrons. The van der Waals surface area contributed by atoms with Gasteiger partial charge in [-0.05, 0) is 26.0 Å². The molecule has 1 aromatic heterocycles. The van der Waals surface area contributed by atoms with Crippen molar-refractivity contribution >= 4 is 22.7 Å². The van der Waals surface area contributed by atoms with Gasteiger partial charge in [0, 0.05) is 19.5 Å². The summed E-state index contributed by atoms with van der Waals surface area (Å²) in [5, 5.41) is 11.0. The fourth-order valence-electron chi connectivity index (χ4n) is 2.33. The maximum Gasteiger partial charge on any atom is 0.277 e. The van der Waals surface area contributed by atoms with E-state index in [-0.39, 0.29) is 36.9 Å². The number of aryl methyl sites for hydroxylation is 1. The quantitative estimate of drug-likeness (QED) is 0.780. The Kier molecular flexibility index (Phi) is 6.00. The molecule has 0 radical (unpaired) electrons. The summed E-state index contributed by atoms with van der Waals surface area (Å²) in [6, 6.07) is 6.93. The summed E-state index contributed by atoms with van der Waals surface area (Å²) in [5.74, 6) is -0.402. The highest BCUT2D eigenvalue weighted by Crippen LogP contribution is 2.04. The van der Waals surface area contributed by atoms with E-state index in [2.05, 4.69) is 15.6 Å². The monoisotopic (exact) mass is 331 g/mol. The minimum Gasteiger partial charge on any atom is -0.355 e. The third-order valence-corrected chi connectivity index (χ3v) is 3.61. The average Bonchev–Trinajstić information content (AvgIpc) is 2.59. The van der Waals surface area contributed by atoms with Crippen LogP contribution in [-0.4, -0.2) is 51.3 Å². The van der Waals surface area contributed by atoms with Crippen LogP contribution in [0.2, 0.25) is 0 Å². The number of likely N-dealkylation sites (N-methyl/N-ethyl adjacent to an activating group) is 2. The van der Waals surface area contributed by atoms with Crippen molar-refractivity contribution < 1.29 is 9.59 Å². The summed E-state index contributed by atoms with van der Waals surface area (Å²) in [5.41, 5.74) is 0.247. The number of benzene rings is 1. The Labute approximate surface area is 139 Å². The molecule has 2 amide bonds. The Hall–Kier alpha value is -2.77. The summed E-state index contributed by atoms with van der Waals surface area (Å²) in [6.45, 7) is 4.71. The van der Waals surface area contributed by atoms with Gasteiger partial charge in [0.1, 0.15) is 5.52 Å². The van der Waals surface area contributed by atoms with Gasteiger partial charge in [-0.3, -0.25) is 14.4 Å². The van der Waals surface area contributed by atoms with Crippen LogP contribution in [0.25, 0.3) is 10.9 Å². The van der Waals surface area contributed by atoms with Gasteiger partial charge in [0.25, 0.3) is 5.56 Å². The standard InChI is InChI=1S/C16H21N5O3/c1-3-17-14(22)11-20(4-2)15(23)9-10-21-16(24)12-7-5-6-8-13(12)18-19-21/h5-8H,3-4,9-11H2,1-2H3,(H,17,22). The molecule has 2 aromatic rings. The molecule has 1 aromatic carbocycles. The molecule has 0 unspecified atom stereocenters. The number of hydrogen-bond acceptors (Lipinski definition) is 5. The van der Waals surface area contributed by atoms with Gasteiger partial charge in [-0.1, -0.05) is 17.3 Å². The Bertz CT molecular complexity index is 787. The van der Waals surface area contributed by atoms with E-state index in [1.807, 2.05) is 6.92 Å². The second-order valence-corrected chi connectivity index (χ2v) is 5.25. The highest BCUT2D eigenvalue weighted by Gasteiger charge is 2.16. The van der Waals surface area contributed by atoms with Crippen LogP contribution in [0.4, 0.5) is 0 Å². The lowest BCUT2D eigenvalue weighted by Gasteiger charge is -2.20. The number of nitrogens with zero attached hydrogens (tertiary/aromatic N) is 4. The van der Waals surface area contributed by atoms with Crippen molar-refractivity contribution in [2.24, 2.45) is 0 Å². The van der Waals surface area contributed by atoms with Crippen LogP contribution in [-0.2, 0) is 16.1 Å². The molecule has 0 fully saturated rings. The number of hydrogen-bond donors (Lipinski definition) is 1. The molecule has 0 spiro atoms. The van der Waals surface area contributed by atoms with Crippen LogP contribution in [0.3, 0.4) is 0 Å². The first kappa shape index (κ1) is 17.6. The zero-order chi connectivity index (χ0) is 17.5. The number of amides is 2. The number of carbonyl (C=O) groups is 2. The zero-order valence-corrected chi connectivity index (χ0v) is 13.9. The van der Waals surface area contributed by atoms with E-state index in [0.29, 0.717) is 24.0 Å². The van der Waals surface area contributed by atoms with Crippen molar-refractivity contribution in [1.29, 1.82) is 0 Å². The molecule has 1 heterocycles. The van der Waals surface area contributed by atoms with Crippen LogP contribution >= 0.6 is 0 Å². The maximum atomic E-state index is 12.3. The first-order valence-electron chi connectivity index (χ1n) is 7.93. The summed E-state index contributed by atoms with van der Waals surface area (Å²) < 4.78 is 1.18. The second-order valence-electron chi connectivity index (χ2n) is 5.25. The lowest BCUT2D eigenvalue weighted by molar-refractivity contribution is -0.136. The molecule has 24 heavy (non-hydrogen) atoms. The molecule has 0 bridgehead atoms. The summed E-state index contributed by atoms with van der Waals surface area (Å²) in [6.07, 6.45) is 0.0835. The van der Waals surface area contributed by atoms with Crippen LogP contribution in [0.1, 0.15) is 20.3 Å². The molecule has 0 atom stereocenters. The summed E-state index contributed by atoms with van der Waals surface area (Å²) in [7, 11) is 0. The third-order valence-electron chi connectivity index (χ3n) is 3.61. The van der Waals surface area contributed by atoms with Crippen LogP contribution in [0.15, 0.2) is 29.1 Å². The predicted molar refractivity (Wildman–Crippen MR) is 89.4 cm³/mol. The summed E-state index contributed by atoms with van der Waals surface area (Å²) >= 11 is 0. The molecule has 1 N–H and O–H groups in total. The topological polar surface area (TPSA) is 97.2 Å². The molecule has 8 nitrogen and oxygen atoms in total. The normalized spacial score (nSPS) is 10.6. The fourth-order valence-corrected chi connectivity index (χ4v) is 2.33. The number of aromatic nitrogens is 3. The van der Waals surface area contributed by atoms with E-state index in [1.54, 1.807) is 31.2 Å². The van der Waals surface area contributed by atoms with E-state index in [0.717, 1.165) is 0 Å². The second kappa shape index (κ2) is 8.19. The van der Waals surface area contributed by atoms with Crippen molar-refractivity contribution in [2.75, 3.05) is 19.6 Å². The highest BCUT2D eigenvalue weighted by atomic mass is 16.2. The molecular formula is C16H21N5O3. The molecule has 0 saturated carbocycles. The van der Waals surface area contributed by atoms with Gasteiger partial charge in [-0.15, -0.1) is 5.10 Å². The summed E-state index contributed by atoms with van der Waals surface area (Å²) in [4.78, 5) is 37.6. The Balaban J connectivity index is 2.04. The zero-order valence-electron chi connectivity index (χ0n) is 13.9. The maximum absolute atomic E-state index is 12.3. The molecular weight excluding hydrogens is 310 g/mol. The minimum absolute atomic E-state index is 0.0153. The van der Waals surface area contributed by atoms with E-state index < -0.39 is 0 Å². The lowest BCUT2D eigenvalue weighted by atomic mass is 10.2. The third kappa shape index (κ3) is 4.15. The molecule has 0 aliphatic carbocycles. The fraction of sp³-hybridized carbons (Fsp3) is 0.438. The number of rotatable bonds is 7. The van der Waals surface area contributed by atoms with Gasteiger partial charge in [0.2, 0.25) is 11.8 Å². The van der Waals surface area contributed by atoms with Crippen LogP contribution in [0.5, 0.6) is 0 Å². The Morgan fingerprint density at radius 1 is 1.25 bits per heavy atom. The van der Waals surface area contributed by atoms with E-state index in [4.69, 9.17) is 0 Å². The van der Waals surface area contributed by atoms with E-state index in [9.17, 15) is 14.4 Å². The smallest absolute Gasteiger partial charge is 0.277 e.